The van der Waals surface area contributed by atoms with Gasteiger partial charge in [0.05, 0.1) is 17.1 Å². The van der Waals surface area contributed by atoms with Crippen LogP contribution in [-0.4, -0.2) is 59.6 Å². The average Bonchev–Trinajstić information content (AvgIpc) is 3.27. The van der Waals surface area contributed by atoms with Crippen molar-refractivity contribution in [3.63, 3.8) is 0 Å². The first-order valence-electron chi connectivity index (χ1n) is 14.3. The minimum Gasteiger partial charge on any atom is -0.508 e. The van der Waals surface area contributed by atoms with Crippen LogP contribution in [0.4, 0.5) is 18.9 Å². The first-order chi connectivity index (χ1) is 19.8. The number of hydrogen-bond donors (Lipinski definition) is 2. The number of rotatable bonds is 5. The quantitative estimate of drug-likeness (QED) is 0.316. The highest BCUT2D eigenvalue weighted by molar-refractivity contribution is 6.04. The highest BCUT2D eigenvalue weighted by Crippen LogP contribution is 2.45. The Labute approximate surface area is 235 Å². The molecule has 0 bridgehead atoms. The van der Waals surface area contributed by atoms with E-state index in [1.165, 1.54) is 18.2 Å². The topological polar surface area (TPSA) is 79.7 Å². The number of fused-ring (bicyclic) bond motifs is 3. The van der Waals surface area contributed by atoms with Gasteiger partial charge in [-0.15, -0.1) is 0 Å². The van der Waals surface area contributed by atoms with Gasteiger partial charge in [0.2, 0.25) is 11.8 Å². The third-order valence-corrected chi connectivity index (χ3v) is 8.54. The number of pyridine rings is 2. The molecule has 5 heterocycles. The maximum atomic E-state index is 16.7. The Bertz CT molecular complexity index is 1680. The zero-order chi connectivity index (χ0) is 28.3. The number of hydrogen-bond acceptors (Lipinski definition) is 7. The molecule has 0 saturated carbocycles. The van der Waals surface area contributed by atoms with Gasteiger partial charge in [0, 0.05) is 31.3 Å². The first kappa shape index (κ1) is 26.1. The largest absolute Gasteiger partial charge is 0.508 e. The van der Waals surface area contributed by atoms with Crippen LogP contribution in [0.3, 0.4) is 0 Å². The summed E-state index contributed by atoms with van der Waals surface area (Å²) in [5.41, 5.74) is -0.297. The van der Waals surface area contributed by atoms with E-state index in [0.29, 0.717) is 40.4 Å². The number of alkyl halides is 1. The van der Waals surface area contributed by atoms with Crippen LogP contribution in [0, 0.1) is 11.6 Å². The van der Waals surface area contributed by atoms with E-state index in [1.807, 2.05) is 6.92 Å². The maximum Gasteiger partial charge on any atom is 0.225 e. The predicted molar refractivity (Wildman–Crippen MR) is 151 cm³/mol. The van der Waals surface area contributed by atoms with Crippen LogP contribution in [0.2, 0.25) is 0 Å². The number of halogens is 3. The summed E-state index contributed by atoms with van der Waals surface area (Å²) >= 11 is 0. The standard InChI is InChI=1S/C31H31F3N4O3/c1-2-20-22(32)8-7-17-10-19(39)11-21(25(17)20)28-27(33)29-26-23(12-24(36-29)41-16-31(34)14-35-15-31)38-9-5-3-4-6-18(38)13-40-30(26)37-28/h7-8,10-12,18,35,39H,2-6,9,13-16H2,1H3. The zero-order valence-corrected chi connectivity index (χ0v) is 22.8. The molecule has 1 unspecified atom stereocenters. The molecule has 2 aromatic carbocycles. The first-order valence-corrected chi connectivity index (χ1v) is 14.3. The van der Waals surface area contributed by atoms with Crippen molar-refractivity contribution < 1.29 is 27.8 Å². The van der Waals surface area contributed by atoms with Crippen LogP contribution in [0.1, 0.15) is 38.2 Å². The fraction of sp³-hybridized carbons (Fsp3) is 0.419. The fourth-order valence-corrected chi connectivity index (χ4v) is 6.36. The van der Waals surface area contributed by atoms with Crippen LogP contribution in [0.25, 0.3) is 32.9 Å². The van der Waals surface area contributed by atoms with Gasteiger partial charge in [-0.2, -0.15) is 0 Å². The summed E-state index contributed by atoms with van der Waals surface area (Å²) in [7, 11) is 0. The molecule has 214 valence electrons. The van der Waals surface area contributed by atoms with Crippen LogP contribution >= 0.6 is 0 Å². The molecule has 4 aromatic rings. The zero-order valence-electron chi connectivity index (χ0n) is 22.8. The van der Waals surface area contributed by atoms with Gasteiger partial charge in [-0.25, -0.2) is 23.1 Å². The van der Waals surface area contributed by atoms with E-state index in [4.69, 9.17) is 9.47 Å². The second-order valence-corrected chi connectivity index (χ2v) is 11.3. The van der Waals surface area contributed by atoms with Crippen LogP contribution in [0.5, 0.6) is 17.5 Å². The van der Waals surface area contributed by atoms with Gasteiger partial charge in [0.15, 0.2) is 11.5 Å². The van der Waals surface area contributed by atoms with Crippen molar-refractivity contribution in [2.45, 2.75) is 50.7 Å². The molecule has 0 radical (unpaired) electrons. The molecule has 1 atom stereocenters. The lowest BCUT2D eigenvalue weighted by molar-refractivity contribution is 0.0330. The molecule has 2 saturated heterocycles. The monoisotopic (exact) mass is 564 g/mol. The normalized spacial score (nSPS) is 19.7. The van der Waals surface area contributed by atoms with Gasteiger partial charge in [-0.05, 0) is 53.8 Å². The SMILES string of the molecule is CCc1c(F)ccc2cc(O)cc(-c3nc4c5c(cc(OCC6(F)CNC6)nc5c3F)N3CCCCCC3CO4)c12. The molecule has 2 N–H and O–H groups in total. The van der Waals surface area contributed by atoms with E-state index in [-0.39, 0.29) is 60.0 Å². The Hall–Kier alpha value is -3.79. The highest BCUT2D eigenvalue weighted by atomic mass is 19.1. The van der Waals surface area contributed by atoms with Gasteiger partial charge >= 0.3 is 0 Å². The number of ether oxygens (including phenoxy) is 2. The summed E-state index contributed by atoms with van der Waals surface area (Å²) in [5.74, 6) is -0.933. The van der Waals surface area contributed by atoms with E-state index in [9.17, 15) is 13.9 Å². The van der Waals surface area contributed by atoms with Crippen LogP contribution in [-0.2, 0) is 6.42 Å². The molecule has 10 heteroatoms. The molecule has 0 spiro atoms. The Morgan fingerprint density at radius 3 is 2.76 bits per heavy atom. The number of aryl methyl sites for hydroxylation is 1. The molecular formula is C31H31F3N4O3. The lowest BCUT2D eigenvalue weighted by Gasteiger charge is -2.34. The molecular weight excluding hydrogens is 533 g/mol. The number of phenolic OH excluding ortho intramolecular Hbond substituents is 1. The molecule has 0 aliphatic carbocycles. The van der Waals surface area contributed by atoms with Crippen molar-refractivity contribution in [1.29, 1.82) is 0 Å². The summed E-state index contributed by atoms with van der Waals surface area (Å²) in [4.78, 5) is 11.4. The van der Waals surface area contributed by atoms with E-state index < -0.39 is 17.3 Å². The second kappa shape index (κ2) is 9.94. The van der Waals surface area contributed by atoms with E-state index in [2.05, 4.69) is 20.2 Å². The van der Waals surface area contributed by atoms with Gasteiger partial charge in [-0.1, -0.05) is 25.8 Å². The molecule has 7 rings (SSSR count). The predicted octanol–water partition coefficient (Wildman–Crippen LogP) is 5.83. The number of nitrogens with one attached hydrogen (secondary N) is 1. The van der Waals surface area contributed by atoms with E-state index in [0.717, 1.165) is 32.2 Å². The van der Waals surface area contributed by atoms with Crippen molar-refractivity contribution in [3.05, 3.63) is 47.5 Å². The lowest BCUT2D eigenvalue weighted by atomic mass is 9.94. The summed E-state index contributed by atoms with van der Waals surface area (Å²) in [6, 6.07) is 7.60. The van der Waals surface area contributed by atoms with Crippen molar-refractivity contribution >= 4 is 27.4 Å². The Kier molecular flexibility index (Phi) is 6.33. The summed E-state index contributed by atoms with van der Waals surface area (Å²) in [6.45, 7) is 3.09. The van der Waals surface area contributed by atoms with Crippen LogP contribution < -0.4 is 19.7 Å². The Balaban J connectivity index is 1.48. The number of benzene rings is 2. The van der Waals surface area contributed by atoms with E-state index >= 15 is 4.39 Å². The smallest absolute Gasteiger partial charge is 0.225 e. The minimum absolute atomic E-state index is 0.0204. The van der Waals surface area contributed by atoms with Crippen molar-refractivity contribution in [2.75, 3.05) is 37.7 Å². The van der Waals surface area contributed by atoms with Crippen molar-refractivity contribution in [1.82, 2.24) is 15.3 Å². The third-order valence-electron chi connectivity index (χ3n) is 8.54. The molecule has 7 nitrogen and oxygen atoms in total. The van der Waals surface area contributed by atoms with Gasteiger partial charge in [0.25, 0.3) is 0 Å². The maximum absolute atomic E-state index is 16.7. The summed E-state index contributed by atoms with van der Waals surface area (Å²) in [5, 5.41) is 14.9. The molecule has 3 aliphatic rings. The number of nitrogens with zero attached hydrogens (tertiary/aromatic N) is 3. The summed E-state index contributed by atoms with van der Waals surface area (Å²) in [6.07, 6.45) is 4.36. The Morgan fingerprint density at radius 2 is 1.98 bits per heavy atom. The highest BCUT2D eigenvalue weighted by Gasteiger charge is 2.38. The lowest BCUT2D eigenvalue weighted by Crippen LogP contribution is -2.59. The second-order valence-electron chi connectivity index (χ2n) is 11.3. The van der Waals surface area contributed by atoms with Gasteiger partial charge in [-0.3, -0.25) is 0 Å². The molecule has 3 aliphatic heterocycles. The van der Waals surface area contributed by atoms with Crippen molar-refractivity contribution in [2.24, 2.45) is 0 Å². The molecule has 2 fully saturated rings. The van der Waals surface area contributed by atoms with Crippen molar-refractivity contribution in [3.8, 4) is 28.8 Å². The number of phenols is 1. The molecule has 0 amide bonds. The third kappa shape index (κ3) is 4.39. The summed E-state index contributed by atoms with van der Waals surface area (Å²) < 4.78 is 58.6. The average molecular weight is 565 g/mol. The fourth-order valence-electron chi connectivity index (χ4n) is 6.36. The molecule has 41 heavy (non-hydrogen) atoms. The van der Waals surface area contributed by atoms with Gasteiger partial charge < -0.3 is 24.8 Å². The number of aromatic hydroxyl groups is 1. The van der Waals surface area contributed by atoms with E-state index in [1.54, 1.807) is 12.1 Å². The van der Waals surface area contributed by atoms with Gasteiger partial charge in [0.1, 0.15) is 36.0 Å². The van der Waals surface area contributed by atoms with Crippen LogP contribution in [0.15, 0.2) is 30.3 Å². The molecule has 2 aromatic heterocycles. The number of anilines is 1. The Morgan fingerprint density at radius 1 is 1.12 bits per heavy atom. The number of aromatic nitrogens is 2. The minimum atomic E-state index is -1.51.